The van der Waals surface area contributed by atoms with Crippen LogP contribution in [0.2, 0.25) is 0 Å². The first-order chi connectivity index (χ1) is 4.43. The Kier molecular flexibility index (Phi) is 3.22. The van der Waals surface area contributed by atoms with Crippen LogP contribution in [-0.4, -0.2) is 4.05 Å². The fourth-order valence-electron chi connectivity index (χ4n) is 0.811. The molecular formula is C7H9HgN. The molecule has 0 aliphatic rings. The molecule has 0 atom stereocenters. The van der Waals surface area contributed by atoms with Crippen molar-refractivity contribution < 1.29 is 24.6 Å². The summed E-state index contributed by atoms with van der Waals surface area (Å²) in [6, 6.07) is 10.6. The summed E-state index contributed by atoms with van der Waals surface area (Å²) in [5.74, 6) is 0. The summed E-state index contributed by atoms with van der Waals surface area (Å²) in [7, 11) is 0. The van der Waals surface area contributed by atoms with Crippen LogP contribution in [-0.2, 0) is 24.6 Å². The second-order valence-electron chi connectivity index (χ2n) is 2.02. The zero-order valence-electron chi connectivity index (χ0n) is 5.38. The van der Waals surface area contributed by atoms with Crippen LogP contribution >= 0.6 is 0 Å². The Balaban J connectivity index is 2.61. The Morgan fingerprint density at radius 2 is 1.89 bits per heavy atom. The molecule has 0 aromatic heterocycles. The van der Waals surface area contributed by atoms with Gasteiger partial charge in [0.1, 0.15) is 0 Å². The summed E-state index contributed by atoms with van der Waals surface area (Å²) in [5, 5.41) is 0. The maximum absolute atomic E-state index is 5.46. The van der Waals surface area contributed by atoms with Gasteiger partial charge in [0.15, 0.2) is 0 Å². The van der Waals surface area contributed by atoms with E-state index in [1.807, 2.05) is 6.07 Å². The van der Waals surface area contributed by atoms with Gasteiger partial charge in [-0.25, -0.2) is 0 Å². The molecule has 0 bridgehead atoms. The summed E-state index contributed by atoms with van der Waals surface area (Å²) in [6.07, 6.45) is 0. The predicted octanol–water partition coefficient (Wildman–Crippen LogP) is 0.311. The first-order valence-corrected chi connectivity index (χ1v) is 9.81. The molecule has 0 saturated carbocycles. The molecule has 0 radical (unpaired) electrons. The van der Waals surface area contributed by atoms with E-state index in [4.69, 9.17) is 5.73 Å². The van der Waals surface area contributed by atoms with E-state index in [0.29, 0.717) is 0 Å². The molecule has 1 aromatic carbocycles. The molecule has 0 spiro atoms. The van der Waals surface area contributed by atoms with E-state index in [9.17, 15) is 0 Å². The molecule has 0 unspecified atom stereocenters. The van der Waals surface area contributed by atoms with Gasteiger partial charge in [-0.05, 0) is 0 Å². The van der Waals surface area contributed by atoms with Crippen LogP contribution in [0.15, 0.2) is 30.3 Å². The van der Waals surface area contributed by atoms with Crippen molar-refractivity contribution in [3.05, 3.63) is 30.3 Å². The summed E-state index contributed by atoms with van der Waals surface area (Å²) in [4.78, 5) is 0. The van der Waals surface area contributed by atoms with Gasteiger partial charge < -0.3 is 0 Å². The molecule has 2 heteroatoms. The summed E-state index contributed by atoms with van der Waals surface area (Å²) < 4.78 is 2.50. The molecule has 0 aliphatic heterocycles. The second kappa shape index (κ2) is 4.02. The molecule has 0 fully saturated rings. The number of hydrogen-bond acceptors (Lipinski definition) is 1. The normalized spacial score (nSPS) is 8.56. The SMILES string of the molecule is N[CH2][Hg][c]1ccccc1. The van der Waals surface area contributed by atoms with Gasteiger partial charge in [0.2, 0.25) is 0 Å². The van der Waals surface area contributed by atoms with Gasteiger partial charge in [-0.2, -0.15) is 0 Å². The van der Waals surface area contributed by atoms with Gasteiger partial charge in [0, 0.05) is 0 Å². The predicted molar refractivity (Wildman–Crippen MR) is 35.1 cm³/mol. The number of nitrogens with two attached hydrogens (primary N) is 1. The fourth-order valence-corrected chi connectivity index (χ4v) is 4.46. The van der Waals surface area contributed by atoms with Crippen LogP contribution in [0.4, 0.5) is 0 Å². The Hall–Kier alpha value is 0.115. The molecule has 0 heterocycles. The second-order valence-corrected chi connectivity index (χ2v) is 9.39. The number of hydrogen-bond donors (Lipinski definition) is 1. The Labute approximate surface area is 67.7 Å². The van der Waals surface area contributed by atoms with E-state index >= 15 is 0 Å². The molecule has 0 amide bonds. The van der Waals surface area contributed by atoms with E-state index < -0.39 is 24.6 Å². The van der Waals surface area contributed by atoms with Crippen molar-refractivity contribution in [1.82, 2.24) is 0 Å². The Bertz CT molecular complexity index is 162. The van der Waals surface area contributed by atoms with Crippen molar-refractivity contribution in [3.63, 3.8) is 0 Å². The van der Waals surface area contributed by atoms with Crippen molar-refractivity contribution in [2.75, 3.05) is 4.05 Å². The van der Waals surface area contributed by atoms with Crippen molar-refractivity contribution in [1.29, 1.82) is 0 Å². The third-order valence-corrected chi connectivity index (χ3v) is 6.48. The van der Waals surface area contributed by atoms with E-state index in [2.05, 4.69) is 24.3 Å². The molecule has 9 heavy (non-hydrogen) atoms. The van der Waals surface area contributed by atoms with Crippen LogP contribution in [0.3, 0.4) is 0 Å². The minimum absolute atomic E-state index is 0.789. The minimum atomic E-state index is -0.789. The van der Waals surface area contributed by atoms with Crippen molar-refractivity contribution in [3.8, 4) is 0 Å². The van der Waals surface area contributed by atoms with Gasteiger partial charge in [0.25, 0.3) is 0 Å². The van der Waals surface area contributed by atoms with Gasteiger partial charge in [-0.3, -0.25) is 0 Å². The first-order valence-electron chi connectivity index (χ1n) is 3.17. The molecule has 1 aromatic rings. The quantitative estimate of drug-likeness (QED) is 0.782. The van der Waals surface area contributed by atoms with E-state index in [0.717, 1.165) is 4.05 Å². The summed E-state index contributed by atoms with van der Waals surface area (Å²) in [5.41, 5.74) is 5.46. The third kappa shape index (κ3) is 2.46. The molecular weight excluding hydrogens is 299 g/mol. The standard InChI is InChI=1S/C6H5.CH4N.Hg/c1-2-4-6-5-3-1;1-2;/h1-5H;1-2H2;. The average molecular weight is 308 g/mol. The number of benzene rings is 1. The van der Waals surface area contributed by atoms with Crippen molar-refractivity contribution >= 4 is 3.07 Å². The zero-order valence-corrected chi connectivity index (χ0v) is 10.9. The Morgan fingerprint density at radius 3 is 2.44 bits per heavy atom. The molecule has 2 N–H and O–H groups in total. The monoisotopic (exact) mass is 309 g/mol. The van der Waals surface area contributed by atoms with Gasteiger partial charge in [-0.1, -0.05) is 0 Å². The van der Waals surface area contributed by atoms with Gasteiger partial charge in [-0.15, -0.1) is 0 Å². The molecule has 1 rings (SSSR count). The van der Waals surface area contributed by atoms with Gasteiger partial charge in [0.05, 0.1) is 0 Å². The molecule has 0 aliphatic carbocycles. The van der Waals surface area contributed by atoms with Crippen LogP contribution < -0.4 is 8.81 Å². The zero-order chi connectivity index (χ0) is 6.53. The fraction of sp³-hybridized carbons (Fsp3) is 0.143. The maximum atomic E-state index is 5.46. The molecule has 0 saturated heterocycles. The van der Waals surface area contributed by atoms with Crippen LogP contribution in [0.5, 0.6) is 0 Å². The van der Waals surface area contributed by atoms with Crippen LogP contribution in [0.1, 0.15) is 0 Å². The first kappa shape index (κ1) is 7.22. The van der Waals surface area contributed by atoms with E-state index in [1.54, 1.807) is 3.07 Å². The van der Waals surface area contributed by atoms with E-state index in [-0.39, 0.29) is 0 Å². The van der Waals surface area contributed by atoms with Crippen molar-refractivity contribution in [2.24, 2.45) is 5.73 Å². The average Bonchev–Trinajstić information content (AvgIpc) is 1.91. The van der Waals surface area contributed by atoms with E-state index in [1.165, 1.54) is 0 Å². The van der Waals surface area contributed by atoms with Crippen molar-refractivity contribution in [2.45, 2.75) is 0 Å². The number of rotatable bonds is 2. The molecule has 1 nitrogen and oxygen atoms in total. The van der Waals surface area contributed by atoms with Crippen LogP contribution in [0, 0.1) is 0 Å². The summed E-state index contributed by atoms with van der Waals surface area (Å²) >= 11 is -0.789. The molecule has 44 valence electrons. The third-order valence-electron chi connectivity index (χ3n) is 1.28. The van der Waals surface area contributed by atoms with Crippen LogP contribution in [0.25, 0.3) is 0 Å². The topological polar surface area (TPSA) is 26.0 Å². The summed E-state index contributed by atoms with van der Waals surface area (Å²) in [6.45, 7) is 0. The Morgan fingerprint density at radius 1 is 1.22 bits per heavy atom. The van der Waals surface area contributed by atoms with Gasteiger partial charge >= 0.3 is 67.8 Å².